The summed E-state index contributed by atoms with van der Waals surface area (Å²) < 4.78 is 12.7. The molecular formula is C11H12FNO. The van der Waals surface area contributed by atoms with Crippen LogP contribution in [0.1, 0.15) is 18.4 Å². The first-order valence-electron chi connectivity index (χ1n) is 4.64. The first-order valence-corrected chi connectivity index (χ1v) is 4.64. The van der Waals surface area contributed by atoms with Crippen molar-refractivity contribution in [1.82, 2.24) is 0 Å². The number of carbonyl (C=O) groups excluding carboxylic acids is 1. The van der Waals surface area contributed by atoms with Crippen molar-refractivity contribution in [3.05, 3.63) is 35.6 Å². The molecule has 1 aromatic rings. The van der Waals surface area contributed by atoms with E-state index in [1.165, 1.54) is 12.1 Å². The van der Waals surface area contributed by atoms with E-state index in [0.717, 1.165) is 5.56 Å². The molecule has 1 saturated carbocycles. The molecule has 0 aliphatic heterocycles. The average molecular weight is 193 g/mol. The van der Waals surface area contributed by atoms with Crippen LogP contribution in [-0.4, -0.2) is 12.3 Å². The summed E-state index contributed by atoms with van der Waals surface area (Å²) in [5, 5.41) is 0. The largest absolute Gasteiger partial charge is 0.330 e. The maximum absolute atomic E-state index is 12.7. The Balaban J connectivity index is 2.29. The van der Waals surface area contributed by atoms with E-state index >= 15 is 0 Å². The lowest BCUT2D eigenvalue weighted by Crippen LogP contribution is -2.47. The summed E-state index contributed by atoms with van der Waals surface area (Å²) in [6.07, 6.45) is 0.990. The van der Waals surface area contributed by atoms with Crippen LogP contribution in [0.4, 0.5) is 4.39 Å². The van der Waals surface area contributed by atoms with Gasteiger partial charge in [0.25, 0.3) is 0 Å². The van der Waals surface area contributed by atoms with E-state index in [-0.39, 0.29) is 17.0 Å². The third-order valence-electron chi connectivity index (χ3n) is 2.92. The molecule has 0 atom stereocenters. The molecule has 0 unspecified atom stereocenters. The quantitative estimate of drug-likeness (QED) is 0.771. The van der Waals surface area contributed by atoms with Gasteiger partial charge < -0.3 is 5.73 Å². The lowest BCUT2D eigenvalue weighted by atomic mass is 9.64. The molecule has 1 aliphatic rings. The van der Waals surface area contributed by atoms with Gasteiger partial charge in [0, 0.05) is 24.8 Å². The number of nitrogens with two attached hydrogens (primary N) is 1. The number of rotatable bonds is 2. The van der Waals surface area contributed by atoms with Crippen LogP contribution in [0, 0.1) is 5.82 Å². The Morgan fingerprint density at radius 3 is 2.29 bits per heavy atom. The van der Waals surface area contributed by atoms with E-state index in [2.05, 4.69) is 0 Å². The van der Waals surface area contributed by atoms with E-state index in [1.807, 2.05) is 0 Å². The summed E-state index contributed by atoms with van der Waals surface area (Å²) >= 11 is 0. The summed E-state index contributed by atoms with van der Waals surface area (Å²) in [4.78, 5) is 11.0. The molecule has 74 valence electrons. The minimum atomic E-state index is -0.258. The van der Waals surface area contributed by atoms with Gasteiger partial charge >= 0.3 is 0 Å². The van der Waals surface area contributed by atoms with Gasteiger partial charge in [0.05, 0.1) is 0 Å². The average Bonchev–Trinajstić information content (AvgIpc) is 2.14. The van der Waals surface area contributed by atoms with Gasteiger partial charge in [-0.15, -0.1) is 0 Å². The standard InChI is InChI=1S/C11H12FNO/c12-9-3-1-8(2-4-9)11(7-13)5-10(14)6-11/h1-4H,5-7,13H2. The zero-order valence-electron chi connectivity index (χ0n) is 7.79. The van der Waals surface area contributed by atoms with E-state index in [9.17, 15) is 9.18 Å². The number of hydrogen-bond acceptors (Lipinski definition) is 2. The molecule has 0 aromatic heterocycles. The van der Waals surface area contributed by atoms with Crippen molar-refractivity contribution in [3.8, 4) is 0 Å². The number of benzene rings is 1. The molecule has 1 aliphatic carbocycles. The van der Waals surface area contributed by atoms with Gasteiger partial charge in [0.1, 0.15) is 11.6 Å². The molecule has 2 nitrogen and oxygen atoms in total. The molecule has 14 heavy (non-hydrogen) atoms. The zero-order chi connectivity index (χ0) is 10.2. The Morgan fingerprint density at radius 2 is 1.86 bits per heavy atom. The van der Waals surface area contributed by atoms with Crippen LogP contribution in [0.15, 0.2) is 24.3 Å². The fraction of sp³-hybridized carbons (Fsp3) is 0.364. The van der Waals surface area contributed by atoms with Crippen molar-refractivity contribution in [3.63, 3.8) is 0 Å². The third kappa shape index (κ3) is 1.34. The van der Waals surface area contributed by atoms with Crippen molar-refractivity contribution in [2.45, 2.75) is 18.3 Å². The lowest BCUT2D eigenvalue weighted by molar-refractivity contribution is -0.128. The second-order valence-electron chi connectivity index (χ2n) is 3.88. The Bertz CT molecular complexity index is 350. The van der Waals surface area contributed by atoms with Gasteiger partial charge in [-0.1, -0.05) is 12.1 Å². The smallest absolute Gasteiger partial charge is 0.134 e. The predicted octanol–water partition coefficient (Wildman–Crippen LogP) is 1.39. The maximum atomic E-state index is 12.7. The van der Waals surface area contributed by atoms with E-state index < -0.39 is 0 Å². The maximum Gasteiger partial charge on any atom is 0.134 e. The number of hydrogen-bond donors (Lipinski definition) is 1. The number of carbonyl (C=O) groups is 1. The molecule has 0 spiro atoms. The summed E-state index contributed by atoms with van der Waals surface area (Å²) in [6.45, 7) is 0.449. The molecule has 0 saturated heterocycles. The summed E-state index contributed by atoms with van der Waals surface area (Å²) in [5.74, 6) is -0.0219. The second-order valence-corrected chi connectivity index (χ2v) is 3.88. The van der Waals surface area contributed by atoms with Gasteiger partial charge in [-0.3, -0.25) is 4.79 Å². The number of ketones is 1. The molecule has 0 radical (unpaired) electrons. The van der Waals surface area contributed by atoms with Crippen LogP contribution >= 0.6 is 0 Å². The molecule has 3 heteroatoms. The highest BCUT2D eigenvalue weighted by molar-refractivity contribution is 5.88. The van der Waals surface area contributed by atoms with Crippen LogP contribution in [0.25, 0.3) is 0 Å². The first kappa shape index (κ1) is 9.34. The molecule has 1 aromatic carbocycles. The first-order chi connectivity index (χ1) is 6.66. The second kappa shape index (κ2) is 3.17. The predicted molar refractivity (Wildman–Crippen MR) is 51.4 cm³/mol. The SMILES string of the molecule is NCC1(c2ccc(F)cc2)CC(=O)C1. The fourth-order valence-corrected chi connectivity index (χ4v) is 1.97. The zero-order valence-corrected chi connectivity index (χ0v) is 7.79. The van der Waals surface area contributed by atoms with Crippen molar-refractivity contribution in [2.24, 2.45) is 5.73 Å². The van der Waals surface area contributed by atoms with Crippen molar-refractivity contribution < 1.29 is 9.18 Å². The minimum absolute atomic E-state index is 0.217. The molecule has 0 bridgehead atoms. The van der Waals surface area contributed by atoms with E-state index in [0.29, 0.717) is 19.4 Å². The van der Waals surface area contributed by atoms with Crippen LogP contribution < -0.4 is 5.73 Å². The lowest BCUT2D eigenvalue weighted by Gasteiger charge is -2.39. The van der Waals surface area contributed by atoms with Gasteiger partial charge in [-0.25, -0.2) is 4.39 Å². The van der Waals surface area contributed by atoms with Gasteiger partial charge in [0.2, 0.25) is 0 Å². The number of halogens is 1. The fourth-order valence-electron chi connectivity index (χ4n) is 1.97. The molecule has 0 amide bonds. The van der Waals surface area contributed by atoms with Gasteiger partial charge in [0.15, 0.2) is 0 Å². The summed E-state index contributed by atoms with van der Waals surface area (Å²) in [7, 11) is 0. The molecule has 2 rings (SSSR count). The third-order valence-corrected chi connectivity index (χ3v) is 2.92. The Hall–Kier alpha value is -1.22. The molecule has 2 N–H and O–H groups in total. The normalized spacial score (nSPS) is 19.1. The van der Waals surface area contributed by atoms with Gasteiger partial charge in [-0.05, 0) is 17.7 Å². The topological polar surface area (TPSA) is 43.1 Å². The Kier molecular flexibility index (Phi) is 2.11. The van der Waals surface area contributed by atoms with Crippen molar-refractivity contribution in [1.29, 1.82) is 0 Å². The summed E-state index contributed by atoms with van der Waals surface area (Å²) in [5.41, 5.74) is 6.41. The van der Waals surface area contributed by atoms with E-state index in [4.69, 9.17) is 5.73 Å². The van der Waals surface area contributed by atoms with Crippen LogP contribution in [0.5, 0.6) is 0 Å². The Morgan fingerprint density at radius 1 is 1.29 bits per heavy atom. The minimum Gasteiger partial charge on any atom is -0.330 e. The summed E-state index contributed by atoms with van der Waals surface area (Å²) in [6, 6.07) is 6.26. The molecular weight excluding hydrogens is 181 g/mol. The number of Topliss-reactive ketones (excluding diaryl/α,β-unsaturated/α-hetero) is 1. The van der Waals surface area contributed by atoms with Crippen molar-refractivity contribution in [2.75, 3.05) is 6.54 Å². The van der Waals surface area contributed by atoms with Gasteiger partial charge in [-0.2, -0.15) is 0 Å². The van der Waals surface area contributed by atoms with Crippen LogP contribution in [0.3, 0.4) is 0 Å². The molecule has 0 heterocycles. The van der Waals surface area contributed by atoms with E-state index in [1.54, 1.807) is 12.1 Å². The molecule has 1 fully saturated rings. The van der Waals surface area contributed by atoms with Crippen LogP contribution in [-0.2, 0) is 10.2 Å². The highest BCUT2D eigenvalue weighted by Crippen LogP contribution is 2.40. The van der Waals surface area contributed by atoms with Crippen molar-refractivity contribution >= 4 is 5.78 Å². The highest BCUT2D eigenvalue weighted by atomic mass is 19.1. The monoisotopic (exact) mass is 193 g/mol. The highest BCUT2D eigenvalue weighted by Gasteiger charge is 2.43. The van der Waals surface area contributed by atoms with Crippen LogP contribution in [0.2, 0.25) is 0 Å². The Labute approximate surface area is 81.9 Å².